The molecule has 0 spiro atoms. The SMILES string of the molecule is CCC(C)C(Cc1ccccc1F)(c1ccc(NS(=O)(=O)c2ccc(F)c(F)c2)cc1)c1nc2[nH]c(=O)[nH]c(=O)c2[nH]1. The van der Waals surface area contributed by atoms with Crippen LogP contribution >= 0.6 is 0 Å². The first-order chi connectivity index (χ1) is 19.9. The van der Waals surface area contributed by atoms with Gasteiger partial charge in [-0.05, 0) is 59.9 Å². The summed E-state index contributed by atoms with van der Waals surface area (Å²) in [5, 5.41) is 0. The lowest BCUT2D eigenvalue weighted by molar-refractivity contribution is 0.314. The molecule has 0 aliphatic carbocycles. The van der Waals surface area contributed by atoms with Gasteiger partial charge >= 0.3 is 5.69 Å². The van der Waals surface area contributed by atoms with E-state index < -0.39 is 49.0 Å². The van der Waals surface area contributed by atoms with Crippen LogP contribution in [0.5, 0.6) is 0 Å². The molecule has 0 saturated heterocycles. The molecule has 0 aliphatic heterocycles. The number of hydrogen-bond donors (Lipinski definition) is 4. The maximum absolute atomic E-state index is 15.0. The van der Waals surface area contributed by atoms with E-state index in [4.69, 9.17) is 0 Å². The summed E-state index contributed by atoms with van der Waals surface area (Å²) in [4.78, 5) is 36.3. The number of rotatable bonds is 9. The van der Waals surface area contributed by atoms with Crippen molar-refractivity contribution in [1.29, 1.82) is 0 Å². The number of anilines is 1. The summed E-state index contributed by atoms with van der Waals surface area (Å²) in [7, 11) is -4.25. The van der Waals surface area contributed by atoms with Gasteiger partial charge in [-0.3, -0.25) is 19.5 Å². The van der Waals surface area contributed by atoms with Crippen molar-refractivity contribution in [2.24, 2.45) is 5.92 Å². The summed E-state index contributed by atoms with van der Waals surface area (Å²) in [6.07, 6.45) is 0.708. The molecule has 3 aromatic carbocycles. The van der Waals surface area contributed by atoms with Gasteiger partial charge in [-0.15, -0.1) is 0 Å². The topological polar surface area (TPSA) is 141 Å². The summed E-state index contributed by atoms with van der Waals surface area (Å²) in [5.41, 5.74) is -1.26. The number of nitrogens with one attached hydrogen (secondary N) is 4. The van der Waals surface area contributed by atoms with Crippen molar-refractivity contribution >= 4 is 26.9 Å². The average molecular weight is 598 g/mol. The van der Waals surface area contributed by atoms with Crippen LogP contribution in [0.3, 0.4) is 0 Å². The molecule has 0 radical (unpaired) electrons. The number of imidazole rings is 1. The number of fused-ring (bicyclic) bond motifs is 1. The molecule has 0 bridgehead atoms. The van der Waals surface area contributed by atoms with Crippen molar-refractivity contribution in [2.75, 3.05) is 4.72 Å². The average Bonchev–Trinajstić information content (AvgIpc) is 3.39. The molecule has 2 unspecified atom stereocenters. The highest BCUT2D eigenvalue weighted by molar-refractivity contribution is 7.92. The quantitative estimate of drug-likeness (QED) is 0.194. The molecule has 9 nitrogen and oxygen atoms in total. The summed E-state index contributed by atoms with van der Waals surface area (Å²) >= 11 is 0. The second-order valence-corrected chi connectivity index (χ2v) is 11.7. The lowest BCUT2D eigenvalue weighted by atomic mass is 9.65. The van der Waals surface area contributed by atoms with E-state index >= 15 is 4.39 Å². The Morgan fingerprint density at radius 2 is 1.62 bits per heavy atom. The van der Waals surface area contributed by atoms with E-state index in [-0.39, 0.29) is 29.2 Å². The first-order valence-electron chi connectivity index (χ1n) is 13.0. The van der Waals surface area contributed by atoms with Crippen molar-refractivity contribution < 1.29 is 21.6 Å². The van der Waals surface area contributed by atoms with Gasteiger partial charge in [0.05, 0.1) is 10.3 Å². The molecule has 4 N–H and O–H groups in total. The highest BCUT2D eigenvalue weighted by Gasteiger charge is 2.43. The Hall–Kier alpha value is -4.65. The number of aromatic amines is 3. The molecule has 2 atom stereocenters. The normalized spacial score (nSPS) is 14.0. The van der Waals surface area contributed by atoms with Crippen molar-refractivity contribution in [2.45, 2.75) is 37.0 Å². The molecule has 0 amide bonds. The van der Waals surface area contributed by atoms with Crippen LogP contribution in [-0.2, 0) is 21.9 Å². The number of hydrogen-bond acceptors (Lipinski definition) is 5. The van der Waals surface area contributed by atoms with Gasteiger partial charge in [0.2, 0.25) is 0 Å². The fourth-order valence-electron chi connectivity index (χ4n) is 5.14. The van der Waals surface area contributed by atoms with Crippen LogP contribution in [0.25, 0.3) is 11.2 Å². The molecular weight excluding hydrogens is 571 g/mol. The number of halogens is 3. The van der Waals surface area contributed by atoms with Crippen LogP contribution in [0.4, 0.5) is 18.9 Å². The summed E-state index contributed by atoms with van der Waals surface area (Å²) < 4.78 is 70.1. The maximum atomic E-state index is 15.0. The van der Waals surface area contributed by atoms with Gasteiger partial charge in [-0.25, -0.2) is 31.4 Å². The number of benzene rings is 3. The second-order valence-electron chi connectivity index (χ2n) is 10.0. The highest BCUT2D eigenvalue weighted by Crippen LogP contribution is 2.43. The Morgan fingerprint density at radius 1 is 0.905 bits per heavy atom. The minimum Gasteiger partial charge on any atom is -0.335 e. The van der Waals surface area contributed by atoms with Crippen molar-refractivity contribution in [3.63, 3.8) is 0 Å². The van der Waals surface area contributed by atoms with Crippen LogP contribution in [0.15, 0.2) is 81.2 Å². The monoisotopic (exact) mass is 597 g/mol. The molecule has 5 rings (SSSR count). The summed E-state index contributed by atoms with van der Waals surface area (Å²) in [5.74, 6) is -2.83. The molecule has 13 heteroatoms. The Kier molecular flexibility index (Phi) is 7.54. The minimum atomic E-state index is -4.25. The highest BCUT2D eigenvalue weighted by atomic mass is 32.2. The second kappa shape index (κ2) is 11.0. The molecule has 0 fully saturated rings. The van der Waals surface area contributed by atoms with Gasteiger partial charge in [-0.1, -0.05) is 50.6 Å². The molecule has 42 heavy (non-hydrogen) atoms. The van der Waals surface area contributed by atoms with E-state index in [0.29, 0.717) is 29.4 Å². The van der Waals surface area contributed by atoms with E-state index in [2.05, 4.69) is 24.7 Å². The molecule has 5 aromatic rings. The van der Waals surface area contributed by atoms with E-state index in [1.165, 1.54) is 18.2 Å². The Bertz CT molecular complexity index is 2000. The molecule has 0 aliphatic rings. The van der Waals surface area contributed by atoms with Crippen LogP contribution in [-0.4, -0.2) is 28.4 Å². The fourth-order valence-corrected chi connectivity index (χ4v) is 6.21. The van der Waals surface area contributed by atoms with Gasteiger partial charge < -0.3 is 4.98 Å². The van der Waals surface area contributed by atoms with E-state index in [1.54, 1.807) is 30.3 Å². The van der Waals surface area contributed by atoms with Gasteiger partial charge in [0.15, 0.2) is 17.3 Å². The molecular formula is C29H26F3N5O4S. The molecule has 2 heterocycles. The van der Waals surface area contributed by atoms with Crippen molar-refractivity contribution in [3.8, 4) is 0 Å². The zero-order valence-electron chi connectivity index (χ0n) is 22.5. The molecule has 0 saturated carbocycles. The largest absolute Gasteiger partial charge is 0.335 e. The van der Waals surface area contributed by atoms with Crippen LogP contribution in [0, 0.1) is 23.4 Å². The number of H-pyrrole nitrogens is 3. The summed E-state index contributed by atoms with van der Waals surface area (Å²) in [6, 6.07) is 14.8. The third-order valence-electron chi connectivity index (χ3n) is 7.55. The number of nitrogens with zero attached hydrogens (tertiary/aromatic N) is 1. The van der Waals surface area contributed by atoms with Crippen LogP contribution in [0.2, 0.25) is 0 Å². The molecule has 2 aromatic heterocycles. The predicted octanol–water partition coefficient (Wildman–Crippen LogP) is 4.73. The Balaban J connectivity index is 1.65. The molecule has 218 valence electrons. The third kappa shape index (κ3) is 5.22. The third-order valence-corrected chi connectivity index (χ3v) is 8.93. The standard InChI is InChI=1S/C29H26F3N5O4S/c1-3-16(2)29(15-17-6-4-5-7-21(17)30,27-33-24-25(34-27)35-28(39)36-26(24)38)18-8-10-19(11-9-18)37-42(40,41)20-12-13-22(31)23(32)14-20/h4-14,16,37H,3,15H2,1-2H3,(H3,33,34,35,36,38,39). The minimum absolute atomic E-state index is 0.0378. The van der Waals surface area contributed by atoms with E-state index in [9.17, 15) is 26.8 Å². The van der Waals surface area contributed by atoms with Gasteiger partial charge in [0, 0.05) is 5.69 Å². The van der Waals surface area contributed by atoms with E-state index in [0.717, 1.165) is 12.1 Å². The zero-order valence-corrected chi connectivity index (χ0v) is 23.3. The first-order valence-corrected chi connectivity index (χ1v) is 14.5. The smallest absolute Gasteiger partial charge is 0.327 e. The number of sulfonamides is 1. The zero-order chi connectivity index (χ0) is 30.2. The first kappa shape index (κ1) is 28.9. The lowest BCUT2D eigenvalue weighted by Crippen LogP contribution is -2.39. The van der Waals surface area contributed by atoms with E-state index in [1.807, 2.05) is 13.8 Å². The van der Waals surface area contributed by atoms with Gasteiger partial charge in [-0.2, -0.15) is 0 Å². The summed E-state index contributed by atoms with van der Waals surface area (Å²) in [6.45, 7) is 3.89. The van der Waals surface area contributed by atoms with Crippen LogP contribution < -0.4 is 16.0 Å². The lowest BCUT2D eigenvalue weighted by Gasteiger charge is -2.38. The van der Waals surface area contributed by atoms with Gasteiger partial charge in [0.25, 0.3) is 15.6 Å². The Labute approximate surface area is 237 Å². The predicted molar refractivity (Wildman–Crippen MR) is 151 cm³/mol. The fraction of sp³-hybridized carbons (Fsp3) is 0.207. The van der Waals surface area contributed by atoms with Crippen LogP contribution in [0.1, 0.15) is 37.2 Å². The maximum Gasteiger partial charge on any atom is 0.327 e. The van der Waals surface area contributed by atoms with Crippen molar-refractivity contribution in [3.05, 3.63) is 122 Å². The Morgan fingerprint density at radius 3 is 2.29 bits per heavy atom. The van der Waals surface area contributed by atoms with Gasteiger partial charge in [0.1, 0.15) is 17.2 Å². The van der Waals surface area contributed by atoms with Crippen molar-refractivity contribution in [1.82, 2.24) is 19.9 Å². The number of aromatic nitrogens is 4.